The summed E-state index contributed by atoms with van der Waals surface area (Å²) in [5.74, 6) is 0.325. The molecule has 1 amide bonds. The van der Waals surface area contributed by atoms with E-state index in [-0.39, 0.29) is 17.5 Å². The molecule has 150 valence electrons. The second-order valence-electron chi connectivity index (χ2n) is 6.98. The molecule has 6 heteroatoms. The predicted octanol–water partition coefficient (Wildman–Crippen LogP) is 5.78. The zero-order valence-electron chi connectivity index (χ0n) is 16.6. The van der Waals surface area contributed by atoms with E-state index >= 15 is 0 Å². The van der Waals surface area contributed by atoms with Crippen LogP contribution >= 0.6 is 11.8 Å². The number of amides is 1. The molecular weight excluding hydrogens is 397 g/mol. The van der Waals surface area contributed by atoms with Crippen LogP contribution < -0.4 is 5.32 Å². The lowest BCUT2D eigenvalue weighted by Gasteiger charge is -2.11. The Kier molecular flexibility index (Phi) is 5.77. The number of nitrogens with zero attached hydrogens (tertiary/aromatic N) is 2. The summed E-state index contributed by atoms with van der Waals surface area (Å²) in [6, 6.07) is 19.7. The highest BCUT2D eigenvalue weighted by Crippen LogP contribution is 2.30. The van der Waals surface area contributed by atoms with Crippen LogP contribution in [0.1, 0.15) is 11.1 Å². The van der Waals surface area contributed by atoms with Gasteiger partial charge in [-0.1, -0.05) is 48.2 Å². The van der Waals surface area contributed by atoms with Crippen molar-refractivity contribution in [1.29, 1.82) is 0 Å². The number of rotatable bonds is 5. The molecular formula is C24H20FN3OS. The normalized spacial score (nSPS) is 10.9. The molecule has 4 rings (SSSR count). The number of nitrogens with one attached hydrogen (secondary N) is 1. The Morgan fingerprint density at radius 2 is 1.67 bits per heavy atom. The van der Waals surface area contributed by atoms with Crippen molar-refractivity contribution >= 4 is 34.3 Å². The summed E-state index contributed by atoms with van der Waals surface area (Å²) < 4.78 is 13.3. The van der Waals surface area contributed by atoms with E-state index in [0.29, 0.717) is 5.82 Å². The molecule has 0 bridgehead atoms. The molecule has 0 fully saturated rings. The average Bonchev–Trinajstić information content (AvgIpc) is 2.74. The van der Waals surface area contributed by atoms with Crippen LogP contribution in [-0.2, 0) is 4.79 Å². The first-order valence-corrected chi connectivity index (χ1v) is 10.5. The van der Waals surface area contributed by atoms with Crippen molar-refractivity contribution in [1.82, 2.24) is 9.97 Å². The van der Waals surface area contributed by atoms with Crippen LogP contribution in [0.25, 0.3) is 22.3 Å². The summed E-state index contributed by atoms with van der Waals surface area (Å²) in [6.45, 7) is 3.95. The van der Waals surface area contributed by atoms with Crippen molar-refractivity contribution in [2.24, 2.45) is 0 Å². The van der Waals surface area contributed by atoms with E-state index in [4.69, 9.17) is 4.98 Å². The number of para-hydroxylation sites is 2. The van der Waals surface area contributed by atoms with E-state index in [2.05, 4.69) is 10.3 Å². The highest BCUT2D eigenvalue weighted by Gasteiger charge is 2.14. The van der Waals surface area contributed by atoms with Gasteiger partial charge in [-0.2, -0.15) is 0 Å². The van der Waals surface area contributed by atoms with E-state index in [1.165, 1.54) is 23.9 Å². The Labute approximate surface area is 178 Å². The number of aryl methyl sites for hydroxylation is 2. The van der Waals surface area contributed by atoms with E-state index in [1.807, 2.05) is 56.3 Å². The van der Waals surface area contributed by atoms with Crippen molar-refractivity contribution in [3.8, 4) is 11.4 Å². The Hall–Kier alpha value is -3.25. The second kappa shape index (κ2) is 8.63. The van der Waals surface area contributed by atoms with Crippen LogP contribution in [0.5, 0.6) is 0 Å². The number of thioether (sulfide) groups is 1. The topological polar surface area (TPSA) is 54.9 Å². The molecule has 0 saturated heterocycles. The van der Waals surface area contributed by atoms with E-state index < -0.39 is 0 Å². The van der Waals surface area contributed by atoms with Gasteiger partial charge in [-0.25, -0.2) is 14.4 Å². The number of hydrogen-bond acceptors (Lipinski definition) is 4. The second-order valence-corrected chi connectivity index (χ2v) is 7.95. The van der Waals surface area contributed by atoms with Crippen LogP contribution in [0.3, 0.4) is 0 Å². The quantitative estimate of drug-likeness (QED) is 0.330. The summed E-state index contributed by atoms with van der Waals surface area (Å²) in [5.41, 5.74) is 4.39. The van der Waals surface area contributed by atoms with E-state index in [9.17, 15) is 9.18 Å². The number of benzene rings is 3. The van der Waals surface area contributed by atoms with Gasteiger partial charge in [0, 0.05) is 16.6 Å². The van der Waals surface area contributed by atoms with Gasteiger partial charge in [0.25, 0.3) is 0 Å². The average molecular weight is 418 g/mol. The van der Waals surface area contributed by atoms with Crippen LogP contribution in [-0.4, -0.2) is 21.6 Å². The first-order chi connectivity index (χ1) is 14.5. The Morgan fingerprint density at radius 3 is 2.43 bits per heavy atom. The van der Waals surface area contributed by atoms with Crippen molar-refractivity contribution in [3.05, 3.63) is 83.7 Å². The van der Waals surface area contributed by atoms with Gasteiger partial charge in [0.15, 0.2) is 5.82 Å². The van der Waals surface area contributed by atoms with Crippen LogP contribution in [0.2, 0.25) is 0 Å². The maximum atomic E-state index is 13.3. The van der Waals surface area contributed by atoms with Crippen molar-refractivity contribution in [3.63, 3.8) is 0 Å². The number of halogens is 1. The Morgan fingerprint density at radius 1 is 0.933 bits per heavy atom. The summed E-state index contributed by atoms with van der Waals surface area (Å²) in [4.78, 5) is 21.9. The van der Waals surface area contributed by atoms with Crippen molar-refractivity contribution in [2.45, 2.75) is 18.9 Å². The number of aromatic nitrogens is 2. The molecule has 0 spiro atoms. The fourth-order valence-electron chi connectivity index (χ4n) is 3.14. The predicted molar refractivity (Wildman–Crippen MR) is 120 cm³/mol. The fraction of sp³-hybridized carbons (Fsp3) is 0.125. The maximum absolute atomic E-state index is 13.3. The third-order valence-electron chi connectivity index (χ3n) is 4.75. The molecule has 0 aliphatic rings. The lowest BCUT2D eigenvalue weighted by atomic mass is 10.1. The molecule has 0 saturated carbocycles. The van der Waals surface area contributed by atoms with Crippen LogP contribution in [0.4, 0.5) is 10.1 Å². The minimum absolute atomic E-state index is 0.1000. The lowest BCUT2D eigenvalue weighted by Crippen LogP contribution is -2.15. The fourth-order valence-corrected chi connectivity index (χ4v) is 3.95. The first-order valence-electron chi connectivity index (χ1n) is 9.53. The molecule has 0 aliphatic heterocycles. The number of fused-ring (bicyclic) bond motifs is 1. The molecule has 4 nitrogen and oxygen atoms in total. The Bertz CT molecular complexity index is 1230. The van der Waals surface area contributed by atoms with E-state index in [1.54, 1.807) is 12.1 Å². The number of carbonyl (C=O) groups is 1. The molecule has 1 aromatic heterocycles. The third-order valence-corrected chi connectivity index (χ3v) is 5.75. The van der Waals surface area contributed by atoms with Gasteiger partial charge in [-0.15, -0.1) is 0 Å². The van der Waals surface area contributed by atoms with Gasteiger partial charge in [0.1, 0.15) is 10.8 Å². The van der Waals surface area contributed by atoms with Gasteiger partial charge < -0.3 is 5.32 Å². The summed E-state index contributed by atoms with van der Waals surface area (Å²) in [7, 11) is 0. The SMILES string of the molecule is Cc1ccccc1NC(=O)CSc1nc(-c2ccc(F)cc2)nc2c(C)cccc12. The van der Waals surface area contributed by atoms with E-state index in [0.717, 1.165) is 38.3 Å². The number of carbonyl (C=O) groups excluding carboxylic acids is 1. The minimum Gasteiger partial charge on any atom is -0.325 e. The number of hydrogen-bond donors (Lipinski definition) is 1. The minimum atomic E-state index is -0.307. The zero-order chi connectivity index (χ0) is 21.1. The molecule has 0 atom stereocenters. The van der Waals surface area contributed by atoms with Gasteiger partial charge in [0.2, 0.25) is 5.91 Å². The standard InChI is InChI=1S/C24H20FN3OS/c1-15-6-3-4-9-20(15)26-21(29)14-30-24-19-8-5-7-16(2)22(19)27-23(28-24)17-10-12-18(25)13-11-17/h3-13H,14H2,1-2H3,(H,26,29). The molecule has 30 heavy (non-hydrogen) atoms. The summed E-state index contributed by atoms with van der Waals surface area (Å²) >= 11 is 1.37. The summed E-state index contributed by atoms with van der Waals surface area (Å²) in [5, 5.41) is 4.57. The van der Waals surface area contributed by atoms with Gasteiger partial charge in [-0.3, -0.25) is 4.79 Å². The highest BCUT2D eigenvalue weighted by molar-refractivity contribution is 8.00. The van der Waals surface area contributed by atoms with Gasteiger partial charge in [0.05, 0.1) is 11.3 Å². The molecule has 1 heterocycles. The van der Waals surface area contributed by atoms with Crippen molar-refractivity contribution < 1.29 is 9.18 Å². The molecule has 0 radical (unpaired) electrons. The number of anilines is 1. The molecule has 1 N–H and O–H groups in total. The summed E-state index contributed by atoms with van der Waals surface area (Å²) in [6.07, 6.45) is 0. The third kappa shape index (κ3) is 4.33. The van der Waals surface area contributed by atoms with Gasteiger partial charge >= 0.3 is 0 Å². The molecule has 0 unspecified atom stereocenters. The van der Waals surface area contributed by atoms with Crippen LogP contribution in [0, 0.1) is 19.7 Å². The molecule has 4 aromatic rings. The largest absolute Gasteiger partial charge is 0.325 e. The smallest absolute Gasteiger partial charge is 0.234 e. The van der Waals surface area contributed by atoms with Crippen molar-refractivity contribution in [2.75, 3.05) is 11.1 Å². The maximum Gasteiger partial charge on any atom is 0.234 e. The zero-order valence-corrected chi connectivity index (χ0v) is 17.5. The van der Waals surface area contributed by atoms with Gasteiger partial charge in [-0.05, 0) is 55.3 Å². The molecule has 3 aromatic carbocycles. The van der Waals surface area contributed by atoms with Crippen LogP contribution in [0.15, 0.2) is 71.8 Å². The molecule has 0 aliphatic carbocycles. The highest BCUT2D eigenvalue weighted by atomic mass is 32.2. The monoisotopic (exact) mass is 417 g/mol. The first kappa shape index (κ1) is 20.0. The Balaban J connectivity index is 1.64. The lowest BCUT2D eigenvalue weighted by molar-refractivity contribution is -0.113.